The largest absolute Gasteiger partial charge is 0.391 e. The van der Waals surface area contributed by atoms with Gasteiger partial charge >= 0.3 is 0 Å². The molecule has 21 heavy (non-hydrogen) atoms. The Kier molecular flexibility index (Phi) is 3.74. The molecule has 2 heterocycles. The van der Waals surface area contributed by atoms with Crippen LogP contribution >= 0.6 is 11.6 Å². The maximum atomic E-state index is 9.64. The van der Waals surface area contributed by atoms with Gasteiger partial charge in [-0.1, -0.05) is 23.7 Å². The number of nitrogens with zero attached hydrogens (tertiary/aromatic N) is 4. The number of benzene rings is 1. The quantitative estimate of drug-likeness (QED) is 0.921. The van der Waals surface area contributed by atoms with Crippen molar-refractivity contribution in [2.45, 2.75) is 12.5 Å². The summed E-state index contributed by atoms with van der Waals surface area (Å²) in [7, 11) is 0. The Morgan fingerprint density at radius 3 is 2.67 bits per heavy atom. The van der Waals surface area contributed by atoms with Crippen molar-refractivity contribution < 1.29 is 5.11 Å². The van der Waals surface area contributed by atoms with E-state index in [4.69, 9.17) is 16.9 Å². The van der Waals surface area contributed by atoms with E-state index in [1.54, 1.807) is 12.1 Å². The Balaban J connectivity index is 2.01. The van der Waals surface area contributed by atoms with Crippen LogP contribution in [0.3, 0.4) is 0 Å². The second-order valence-corrected chi connectivity index (χ2v) is 5.38. The topological polar surface area (TPSA) is 73.0 Å². The lowest BCUT2D eigenvalue weighted by Crippen LogP contribution is -2.22. The molecule has 0 radical (unpaired) electrons. The fourth-order valence-corrected chi connectivity index (χ4v) is 2.49. The molecule has 5 nitrogen and oxygen atoms in total. The highest BCUT2D eigenvalue weighted by molar-refractivity contribution is 6.30. The maximum absolute atomic E-state index is 9.64. The molecule has 0 unspecified atom stereocenters. The first kappa shape index (κ1) is 13.8. The summed E-state index contributed by atoms with van der Waals surface area (Å²) >= 11 is 5.89. The SMILES string of the molecule is N#Cc1nc(-c2ccc(Cl)cc2)cc(N2CC[C@H](O)C2)n1. The standard InChI is InChI=1S/C15H13ClN4O/c16-11-3-1-10(2-4-11)13-7-15(19-14(8-17)18-13)20-6-5-12(21)9-20/h1-4,7,12,21H,5-6,9H2/t12-/m0/s1. The molecular formula is C15H13ClN4O. The van der Waals surface area contributed by atoms with E-state index in [0.717, 1.165) is 12.1 Å². The minimum Gasteiger partial charge on any atom is -0.391 e. The molecule has 1 saturated heterocycles. The summed E-state index contributed by atoms with van der Waals surface area (Å²) in [4.78, 5) is 10.4. The van der Waals surface area contributed by atoms with E-state index in [1.165, 1.54) is 0 Å². The molecule has 1 N–H and O–H groups in total. The fraction of sp³-hybridized carbons (Fsp3) is 0.267. The van der Waals surface area contributed by atoms with Crippen molar-refractivity contribution in [2.24, 2.45) is 0 Å². The Labute approximate surface area is 127 Å². The third-order valence-electron chi connectivity index (χ3n) is 3.44. The van der Waals surface area contributed by atoms with Crippen molar-refractivity contribution in [1.82, 2.24) is 9.97 Å². The van der Waals surface area contributed by atoms with Crippen molar-refractivity contribution in [3.63, 3.8) is 0 Å². The van der Waals surface area contributed by atoms with Crippen LogP contribution in [-0.2, 0) is 0 Å². The summed E-state index contributed by atoms with van der Waals surface area (Å²) in [6.45, 7) is 1.26. The Bertz CT molecular complexity index is 696. The van der Waals surface area contributed by atoms with Crippen LogP contribution < -0.4 is 4.90 Å². The molecule has 0 amide bonds. The van der Waals surface area contributed by atoms with Gasteiger partial charge in [0.1, 0.15) is 11.9 Å². The van der Waals surface area contributed by atoms with Crippen LogP contribution in [0.15, 0.2) is 30.3 Å². The number of rotatable bonds is 2. The molecule has 0 aliphatic carbocycles. The van der Waals surface area contributed by atoms with Crippen LogP contribution in [-0.4, -0.2) is 34.3 Å². The lowest BCUT2D eigenvalue weighted by Gasteiger charge is -2.17. The number of nitriles is 1. The number of aromatic nitrogens is 2. The fourth-order valence-electron chi connectivity index (χ4n) is 2.36. The minimum atomic E-state index is -0.343. The second kappa shape index (κ2) is 5.68. The first-order chi connectivity index (χ1) is 10.2. The zero-order valence-electron chi connectivity index (χ0n) is 11.2. The zero-order valence-corrected chi connectivity index (χ0v) is 12.0. The third kappa shape index (κ3) is 2.97. The molecule has 0 spiro atoms. The minimum absolute atomic E-state index is 0.124. The number of anilines is 1. The molecule has 6 heteroatoms. The van der Waals surface area contributed by atoms with Crippen LogP contribution in [0.1, 0.15) is 12.2 Å². The van der Waals surface area contributed by atoms with Crippen molar-refractivity contribution in [3.05, 3.63) is 41.2 Å². The Morgan fingerprint density at radius 1 is 1.29 bits per heavy atom. The van der Waals surface area contributed by atoms with Gasteiger partial charge in [0.2, 0.25) is 5.82 Å². The molecule has 106 valence electrons. The summed E-state index contributed by atoms with van der Waals surface area (Å²) in [6.07, 6.45) is 0.367. The number of aliphatic hydroxyl groups is 1. The van der Waals surface area contributed by atoms with Crippen LogP contribution in [0.25, 0.3) is 11.3 Å². The van der Waals surface area contributed by atoms with Gasteiger partial charge in [-0.05, 0) is 18.6 Å². The second-order valence-electron chi connectivity index (χ2n) is 4.94. The molecule has 2 aromatic rings. The Hall–Kier alpha value is -2.16. The highest BCUT2D eigenvalue weighted by atomic mass is 35.5. The molecular weight excluding hydrogens is 288 g/mol. The zero-order chi connectivity index (χ0) is 14.8. The van der Waals surface area contributed by atoms with Gasteiger partial charge in [0, 0.05) is 29.7 Å². The normalized spacial score (nSPS) is 17.8. The summed E-state index contributed by atoms with van der Waals surface area (Å²) in [5.74, 6) is 0.793. The van der Waals surface area contributed by atoms with Gasteiger partial charge in [0.05, 0.1) is 11.8 Å². The smallest absolute Gasteiger partial charge is 0.234 e. The molecule has 0 bridgehead atoms. The van der Waals surface area contributed by atoms with Crippen molar-refractivity contribution in [1.29, 1.82) is 5.26 Å². The van der Waals surface area contributed by atoms with Crippen molar-refractivity contribution in [2.75, 3.05) is 18.0 Å². The lowest BCUT2D eigenvalue weighted by molar-refractivity contribution is 0.198. The monoisotopic (exact) mass is 300 g/mol. The van der Waals surface area contributed by atoms with Crippen molar-refractivity contribution in [3.8, 4) is 17.3 Å². The molecule has 3 rings (SSSR count). The highest BCUT2D eigenvalue weighted by Crippen LogP contribution is 2.25. The summed E-state index contributed by atoms with van der Waals surface area (Å²) in [5, 5.41) is 19.4. The maximum Gasteiger partial charge on any atom is 0.234 e. The molecule has 1 atom stereocenters. The van der Waals surface area contributed by atoms with E-state index in [1.807, 2.05) is 29.2 Å². The number of hydrogen-bond acceptors (Lipinski definition) is 5. The molecule has 0 saturated carbocycles. The van der Waals surface area contributed by atoms with Crippen molar-refractivity contribution >= 4 is 17.4 Å². The van der Waals surface area contributed by atoms with Crippen LogP contribution in [0.2, 0.25) is 5.02 Å². The molecule has 1 aromatic heterocycles. The lowest BCUT2D eigenvalue weighted by atomic mass is 10.1. The average molecular weight is 301 g/mol. The van der Waals surface area contributed by atoms with Gasteiger partial charge in [-0.15, -0.1) is 0 Å². The number of β-amino-alcohol motifs (C(OH)–C–C–N with tert-alkyl or cyclic N) is 1. The summed E-state index contributed by atoms with van der Waals surface area (Å²) in [5.41, 5.74) is 1.55. The first-order valence-electron chi connectivity index (χ1n) is 6.64. The summed E-state index contributed by atoms with van der Waals surface area (Å²) < 4.78 is 0. The predicted molar refractivity (Wildman–Crippen MR) is 80.0 cm³/mol. The van der Waals surface area contributed by atoms with Gasteiger partial charge in [0.25, 0.3) is 0 Å². The molecule has 1 aliphatic rings. The average Bonchev–Trinajstić information content (AvgIpc) is 2.94. The third-order valence-corrected chi connectivity index (χ3v) is 3.69. The van der Waals surface area contributed by atoms with Crippen LogP contribution in [0, 0.1) is 11.3 Å². The predicted octanol–water partition coefficient (Wildman–Crippen LogP) is 2.24. The summed E-state index contributed by atoms with van der Waals surface area (Å²) in [6, 6.07) is 11.1. The van der Waals surface area contributed by atoms with Crippen LogP contribution in [0.4, 0.5) is 5.82 Å². The molecule has 1 aliphatic heterocycles. The highest BCUT2D eigenvalue weighted by Gasteiger charge is 2.22. The number of hydrogen-bond donors (Lipinski definition) is 1. The van der Waals surface area contributed by atoms with Gasteiger partial charge in [-0.2, -0.15) is 5.26 Å². The van der Waals surface area contributed by atoms with Gasteiger partial charge in [-0.25, -0.2) is 9.97 Å². The number of aliphatic hydroxyl groups excluding tert-OH is 1. The first-order valence-corrected chi connectivity index (χ1v) is 7.01. The van der Waals surface area contributed by atoms with E-state index in [2.05, 4.69) is 9.97 Å². The van der Waals surface area contributed by atoms with Gasteiger partial charge < -0.3 is 10.0 Å². The van der Waals surface area contributed by atoms with E-state index >= 15 is 0 Å². The molecule has 1 aromatic carbocycles. The van der Waals surface area contributed by atoms with E-state index in [0.29, 0.717) is 29.5 Å². The number of halogens is 1. The Morgan fingerprint density at radius 2 is 2.05 bits per heavy atom. The molecule has 1 fully saturated rings. The van der Waals surface area contributed by atoms with E-state index in [-0.39, 0.29) is 11.9 Å². The van der Waals surface area contributed by atoms with Crippen LogP contribution in [0.5, 0.6) is 0 Å². The van der Waals surface area contributed by atoms with Gasteiger partial charge in [-0.3, -0.25) is 0 Å². The van der Waals surface area contributed by atoms with E-state index in [9.17, 15) is 5.11 Å². The van der Waals surface area contributed by atoms with E-state index < -0.39 is 0 Å². The van der Waals surface area contributed by atoms with Gasteiger partial charge in [0.15, 0.2) is 0 Å².